The largest absolute Gasteiger partial charge is 0.361 e. The third-order valence-corrected chi connectivity index (χ3v) is 6.26. The molecular weight excluding hydrogens is 370 g/mol. The van der Waals surface area contributed by atoms with Crippen LogP contribution in [-0.4, -0.2) is 43.2 Å². The van der Waals surface area contributed by atoms with Crippen molar-refractivity contribution >= 4 is 5.91 Å². The quantitative estimate of drug-likeness (QED) is 0.671. The van der Waals surface area contributed by atoms with Crippen LogP contribution in [0.2, 0.25) is 0 Å². The van der Waals surface area contributed by atoms with Gasteiger partial charge in [0.1, 0.15) is 5.76 Å². The van der Waals surface area contributed by atoms with Crippen LogP contribution in [0.1, 0.15) is 54.5 Å². The maximum Gasteiger partial charge on any atom is 0.230 e. The van der Waals surface area contributed by atoms with E-state index < -0.39 is 0 Å². The fraction of sp³-hybridized carbons (Fsp3) is 0.476. The van der Waals surface area contributed by atoms with Gasteiger partial charge in [-0.15, -0.1) is 0 Å². The minimum atomic E-state index is 0.161. The fourth-order valence-electron chi connectivity index (χ4n) is 4.80. The van der Waals surface area contributed by atoms with Gasteiger partial charge in [0, 0.05) is 41.5 Å². The topological polar surface area (TPSA) is 98.2 Å². The second-order valence-corrected chi connectivity index (χ2v) is 8.03. The normalized spacial score (nSPS) is 23.5. The Hall–Kier alpha value is -3.03. The third kappa shape index (κ3) is 3.22. The molecule has 5 heterocycles. The van der Waals surface area contributed by atoms with Gasteiger partial charge in [0.05, 0.1) is 12.1 Å². The lowest BCUT2D eigenvalue weighted by molar-refractivity contribution is -0.135. The molecule has 8 heteroatoms. The molecule has 0 radical (unpaired) electrons. The monoisotopic (exact) mass is 393 g/mol. The Kier molecular flexibility index (Phi) is 4.41. The van der Waals surface area contributed by atoms with E-state index >= 15 is 0 Å². The molecular formula is C21H23N5O3. The van der Waals surface area contributed by atoms with Crippen LogP contribution in [-0.2, 0) is 11.2 Å². The van der Waals surface area contributed by atoms with Gasteiger partial charge in [-0.25, -0.2) is 0 Å². The van der Waals surface area contributed by atoms with Crippen LogP contribution in [0, 0.1) is 13.8 Å². The van der Waals surface area contributed by atoms with E-state index in [1.165, 1.54) is 0 Å². The van der Waals surface area contributed by atoms with Crippen molar-refractivity contribution in [1.29, 1.82) is 0 Å². The van der Waals surface area contributed by atoms with Crippen LogP contribution >= 0.6 is 0 Å². The number of rotatable bonds is 4. The van der Waals surface area contributed by atoms with Gasteiger partial charge in [0.2, 0.25) is 17.6 Å². The molecule has 2 atom stereocenters. The highest BCUT2D eigenvalue weighted by Crippen LogP contribution is 2.43. The lowest BCUT2D eigenvalue weighted by Crippen LogP contribution is -2.46. The zero-order chi connectivity index (χ0) is 20.0. The van der Waals surface area contributed by atoms with E-state index in [1.54, 1.807) is 12.4 Å². The standard InChI is InChI=1S/C21H23N5O3/c1-12-18(13(2)28-24-12)11-19(27)26-16-3-4-17(26)10-15(9-16)21-23-20(25-29-21)14-5-7-22-8-6-14/h5-8,15-17H,3-4,9-11H2,1-2H3. The van der Waals surface area contributed by atoms with Crippen molar-refractivity contribution in [3.05, 3.63) is 47.4 Å². The van der Waals surface area contributed by atoms with Crippen molar-refractivity contribution in [3.63, 3.8) is 0 Å². The molecule has 3 aromatic heterocycles. The number of pyridine rings is 1. The fourth-order valence-corrected chi connectivity index (χ4v) is 4.80. The number of amides is 1. The number of carbonyl (C=O) groups is 1. The Labute approximate surface area is 168 Å². The number of aryl methyl sites for hydroxylation is 2. The van der Waals surface area contributed by atoms with Crippen molar-refractivity contribution < 1.29 is 13.8 Å². The summed E-state index contributed by atoms with van der Waals surface area (Å²) >= 11 is 0. The molecule has 0 N–H and O–H groups in total. The van der Waals surface area contributed by atoms with Crippen molar-refractivity contribution in [2.75, 3.05) is 0 Å². The first-order valence-corrected chi connectivity index (χ1v) is 10.1. The summed E-state index contributed by atoms with van der Waals surface area (Å²) in [5.74, 6) is 2.35. The van der Waals surface area contributed by atoms with Gasteiger partial charge in [-0.1, -0.05) is 10.3 Å². The first-order valence-electron chi connectivity index (χ1n) is 10.1. The Morgan fingerprint density at radius 2 is 1.83 bits per heavy atom. The van der Waals surface area contributed by atoms with Crippen molar-refractivity contribution in [3.8, 4) is 11.4 Å². The lowest BCUT2D eigenvalue weighted by Gasteiger charge is -2.38. The van der Waals surface area contributed by atoms with E-state index in [1.807, 2.05) is 26.0 Å². The van der Waals surface area contributed by atoms with Crippen LogP contribution in [0.5, 0.6) is 0 Å². The number of nitrogens with zero attached hydrogens (tertiary/aromatic N) is 5. The molecule has 2 unspecified atom stereocenters. The minimum absolute atomic E-state index is 0.161. The molecule has 2 aliphatic rings. The number of fused-ring (bicyclic) bond motifs is 2. The van der Waals surface area contributed by atoms with E-state index in [0.29, 0.717) is 18.1 Å². The van der Waals surface area contributed by atoms with Crippen molar-refractivity contribution in [2.45, 2.75) is 64.0 Å². The SMILES string of the molecule is Cc1noc(C)c1CC(=O)N1C2CCC1CC(c1nc(-c3ccncc3)no1)C2. The molecule has 1 amide bonds. The molecule has 2 bridgehead atoms. The summed E-state index contributed by atoms with van der Waals surface area (Å²) < 4.78 is 10.8. The summed E-state index contributed by atoms with van der Waals surface area (Å²) in [6.45, 7) is 3.75. The molecule has 8 nitrogen and oxygen atoms in total. The summed E-state index contributed by atoms with van der Waals surface area (Å²) in [4.78, 5) is 23.8. The van der Waals surface area contributed by atoms with Crippen LogP contribution in [0.15, 0.2) is 33.6 Å². The van der Waals surface area contributed by atoms with Crippen LogP contribution < -0.4 is 0 Å². The molecule has 2 fully saturated rings. The Morgan fingerprint density at radius 1 is 1.10 bits per heavy atom. The average molecular weight is 393 g/mol. The molecule has 2 aliphatic heterocycles. The summed E-state index contributed by atoms with van der Waals surface area (Å²) in [6, 6.07) is 4.19. The number of aromatic nitrogens is 4. The Bertz CT molecular complexity index is 995. The molecule has 0 aromatic carbocycles. The highest BCUT2D eigenvalue weighted by molar-refractivity contribution is 5.80. The van der Waals surface area contributed by atoms with E-state index in [-0.39, 0.29) is 23.9 Å². The summed E-state index contributed by atoms with van der Waals surface area (Å²) in [5.41, 5.74) is 2.60. The molecule has 150 valence electrons. The Morgan fingerprint density at radius 3 is 2.48 bits per heavy atom. The number of carbonyl (C=O) groups excluding carboxylic acids is 1. The third-order valence-electron chi connectivity index (χ3n) is 6.26. The molecule has 2 saturated heterocycles. The molecule has 0 saturated carbocycles. The highest BCUT2D eigenvalue weighted by Gasteiger charge is 2.45. The predicted octanol–water partition coefficient (Wildman–Crippen LogP) is 3.22. The van der Waals surface area contributed by atoms with Gasteiger partial charge in [0.15, 0.2) is 0 Å². The van der Waals surface area contributed by atoms with Gasteiger partial charge < -0.3 is 13.9 Å². The van der Waals surface area contributed by atoms with E-state index in [2.05, 4.69) is 25.2 Å². The van der Waals surface area contributed by atoms with Gasteiger partial charge in [-0.2, -0.15) is 4.98 Å². The maximum atomic E-state index is 13.1. The molecule has 5 rings (SSSR count). The minimum Gasteiger partial charge on any atom is -0.361 e. The highest BCUT2D eigenvalue weighted by atomic mass is 16.5. The summed E-state index contributed by atoms with van der Waals surface area (Å²) in [5, 5.41) is 8.11. The smallest absolute Gasteiger partial charge is 0.230 e. The molecule has 29 heavy (non-hydrogen) atoms. The van der Waals surface area contributed by atoms with Crippen molar-refractivity contribution in [2.24, 2.45) is 0 Å². The Balaban J connectivity index is 1.30. The second kappa shape index (κ2) is 7.09. The number of piperidine rings is 1. The first kappa shape index (κ1) is 18.0. The number of hydrogen-bond donors (Lipinski definition) is 0. The van der Waals surface area contributed by atoms with Crippen LogP contribution in [0.4, 0.5) is 0 Å². The average Bonchev–Trinajstić information content (AvgIpc) is 3.41. The lowest BCUT2D eigenvalue weighted by atomic mass is 9.90. The van der Waals surface area contributed by atoms with Crippen LogP contribution in [0.25, 0.3) is 11.4 Å². The number of hydrogen-bond acceptors (Lipinski definition) is 7. The maximum absolute atomic E-state index is 13.1. The van der Waals surface area contributed by atoms with Gasteiger partial charge in [-0.05, 0) is 51.7 Å². The predicted molar refractivity (Wildman–Crippen MR) is 103 cm³/mol. The van der Waals surface area contributed by atoms with Crippen LogP contribution in [0.3, 0.4) is 0 Å². The summed E-state index contributed by atoms with van der Waals surface area (Å²) in [6.07, 6.45) is 7.57. The molecule has 3 aromatic rings. The van der Waals surface area contributed by atoms with E-state index in [0.717, 1.165) is 48.3 Å². The van der Waals surface area contributed by atoms with Crippen molar-refractivity contribution in [1.82, 2.24) is 25.2 Å². The zero-order valence-corrected chi connectivity index (χ0v) is 16.5. The van der Waals surface area contributed by atoms with Gasteiger partial charge in [0.25, 0.3) is 0 Å². The molecule has 0 aliphatic carbocycles. The molecule has 0 spiro atoms. The van der Waals surface area contributed by atoms with E-state index in [4.69, 9.17) is 9.05 Å². The summed E-state index contributed by atoms with van der Waals surface area (Å²) in [7, 11) is 0. The van der Waals surface area contributed by atoms with Gasteiger partial charge in [-0.3, -0.25) is 9.78 Å². The van der Waals surface area contributed by atoms with E-state index in [9.17, 15) is 4.79 Å². The first-order chi connectivity index (χ1) is 14.1. The zero-order valence-electron chi connectivity index (χ0n) is 16.5. The van der Waals surface area contributed by atoms with Gasteiger partial charge >= 0.3 is 0 Å². The second-order valence-electron chi connectivity index (χ2n) is 8.03.